The van der Waals surface area contributed by atoms with Gasteiger partial charge in [-0.2, -0.15) is 5.10 Å². The van der Waals surface area contributed by atoms with Gasteiger partial charge in [0, 0.05) is 0 Å². The van der Waals surface area contributed by atoms with Crippen molar-refractivity contribution in [1.82, 2.24) is 19.7 Å². The van der Waals surface area contributed by atoms with Crippen molar-refractivity contribution in [2.24, 2.45) is 0 Å². The average Bonchev–Trinajstić information content (AvgIpc) is 3.00. The predicted molar refractivity (Wildman–Crippen MR) is 84.0 cm³/mol. The minimum absolute atomic E-state index is 0.285. The highest BCUT2D eigenvalue weighted by molar-refractivity contribution is 8.00. The number of benzene rings is 1. The van der Waals surface area contributed by atoms with E-state index in [1.54, 1.807) is 17.8 Å². The summed E-state index contributed by atoms with van der Waals surface area (Å²) in [7, 11) is 1.38. The Kier molecular flexibility index (Phi) is 4.06. The summed E-state index contributed by atoms with van der Waals surface area (Å²) in [5.74, 6) is -0.285. The smallest absolute Gasteiger partial charge is 0.318 e. The minimum Gasteiger partial charge on any atom is -0.468 e. The first-order chi connectivity index (χ1) is 10.7. The van der Waals surface area contributed by atoms with Crippen molar-refractivity contribution in [3.63, 3.8) is 0 Å². The molecule has 1 unspecified atom stereocenters. The van der Waals surface area contributed by atoms with Crippen LogP contribution in [0.4, 0.5) is 0 Å². The van der Waals surface area contributed by atoms with Gasteiger partial charge in [-0.1, -0.05) is 30.0 Å². The third-order valence-corrected chi connectivity index (χ3v) is 4.25. The highest BCUT2D eigenvalue weighted by atomic mass is 32.2. The molecule has 2 aromatic heterocycles. The molecule has 0 saturated heterocycles. The summed E-state index contributed by atoms with van der Waals surface area (Å²) < 4.78 is 6.50. The number of para-hydroxylation sites is 1. The van der Waals surface area contributed by atoms with Gasteiger partial charge in [-0.15, -0.1) is 0 Å². The second kappa shape index (κ2) is 6.15. The molecule has 0 fully saturated rings. The van der Waals surface area contributed by atoms with Crippen LogP contribution in [-0.2, 0) is 9.53 Å². The van der Waals surface area contributed by atoms with Crippen molar-refractivity contribution in [2.45, 2.75) is 17.2 Å². The summed E-state index contributed by atoms with van der Waals surface area (Å²) in [6.45, 7) is 1.78. The van der Waals surface area contributed by atoms with Crippen molar-refractivity contribution >= 4 is 28.8 Å². The molecule has 1 atom stereocenters. The molecule has 1 aromatic carbocycles. The summed E-state index contributed by atoms with van der Waals surface area (Å²) in [6.07, 6.45) is 3.20. The van der Waals surface area contributed by atoms with Gasteiger partial charge in [-0.25, -0.2) is 14.6 Å². The van der Waals surface area contributed by atoms with Gasteiger partial charge in [-0.3, -0.25) is 4.79 Å². The van der Waals surface area contributed by atoms with Gasteiger partial charge in [0.1, 0.15) is 16.6 Å². The van der Waals surface area contributed by atoms with Crippen LogP contribution in [0.25, 0.3) is 16.7 Å². The number of hydrogen-bond acceptors (Lipinski definition) is 6. The maximum Gasteiger partial charge on any atom is 0.318 e. The number of ether oxygens (including phenoxy) is 1. The SMILES string of the molecule is COC(=O)C(C)Sc1ncnc2c1cnn2-c1ccccc1. The van der Waals surface area contributed by atoms with Gasteiger partial charge < -0.3 is 4.74 Å². The Morgan fingerprint density at radius 1 is 1.27 bits per heavy atom. The molecule has 6 nitrogen and oxygen atoms in total. The predicted octanol–water partition coefficient (Wildman–Crippen LogP) is 2.47. The first-order valence-electron chi connectivity index (χ1n) is 6.69. The Balaban J connectivity index is 2.01. The highest BCUT2D eigenvalue weighted by Crippen LogP contribution is 2.29. The Hall–Kier alpha value is -2.41. The maximum absolute atomic E-state index is 11.6. The molecule has 0 aliphatic heterocycles. The van der Waals surface area contributed by atoms with Gasteiger partial charge in [0.25, 0.3) is 0 Å². The summed E-state index contributed by atoms with van der Waals surface area (Å²) in [4.78, 5) is 20.1. The molecule has 0 radical (unpaired) electrons. The molecule has 22 heavy (non-hydrogen) atoms. The molecule has 3 aromatic rings. The minimum atomic E-state index is -0.344. The van der Waals surface area contributed by atoms with E-state index < -0.39 is 0 Å². The van der Waals surface area contributed by atoms with Crippen LogP contribution in [0.2, 0.25) is 0 Å². The quantitative estimate of drug-likeness (QED) is 0.418. The zero-order valence-electron chi connectivity index (χ0n) is 12.1. The van der Waals surface area contributed by atoms with Gasteiger partial charge in [0.15, 0.2) is 5.65 Å². The maximum atomic E-state index is 11.6. The molecular formula is C15H14N4O2S. The molecule has 0 N–H and O–H groups in total. The first kappa shape index (κ1) is 14.5. The highest BCUT2D eigenvalue weighted by Gasteiger charge is 2.19. The van der Waals surface area contributed by atoms with Crippen LogP contribution in [0.5, 0.6) is 0 Å². The van der Waals surface area contributed by atoms with E-state index in [2.05, 4.69) is 15.1 Å². The van der Waals surface area contributed by atoms with Gasteiger partial charge in [0.2, 0.25) is 0 Å². The number of rotatable bonds is 4. The van der Waals surface area contributed by atoms with Gasteiger partial charge in [-0.05, 0) is 19.1 Å². The van der Waals surface area contributed by atoms with E-state index >= 15 is 0 Å². The van der Waals surface area contributed by atoms with E-state index in [0.29, 0.717) is 10.7 Å². The summed E-state index contributed by atoms with van der Waals surface area (Å²) in [5, 5.41) is 5.56. The van der Waals surface area contributed by atoms with Crippen molar-refractivity contribution in [3.05, 3.63) is 42.9 Å². The normalized spacial score (nSPS) is 12.3. The van der Waals surface area contributed by atoms with E-state index in [9.17, 15) is 4.79 Å². The zero-order chi connectivity index (χ0) is 15.5. The molecule has 0 amide bonds. The van der Waals surface area contributed by atoms with Crippen LogP contribution in [0.3, 0.4) is 0 Å². The fourth-order valence-corrected chi connectivity index (χ4v) is 2.96. The van der Waals surface area contributed by atoms with Crippen molar-refractivity contribution < 1.29 is 9.53 Å². The fourth-order valence-electron chi connectivity index (χ4n) is 2.06. The van der Waals surface area contributed by atoms with Gasteiger partial charge >= 0.3 is 5.97 Å². The van der Waals surface area contributed by atoms with E-state index in [1.807, 2.05) is 30.3 Å². The van der Waals surface area contributed by atoms with Crippen LogP contribution in [0.1, 0.15) is 6.92 Å². The fraction of sp³-hybridized carbons (Fsp3) is 0.200. The number of carbonyl (C=O) groups is 1. The lowest BCUT2D eigenvalue weighted by Gasteiger charge is -2.08. The lowest BCUT2D eigenvalue weighted by atomic mass is 10.3. The molecule has 0 saturated carbocycles. The van der Waals surface area contributed by atoms with Crippen molar-refractivity contribution in [1.29, 1.82) is 0 Å². The number of thioether (sulfide) groups is 1. The second-order valence-corrected chi connectivity index (χ2v) is 5.92. The van der Waals surface area contributed by atoms with E-state index in [0.717, 1.165) is 11.1 Å². The van der Waals surface area contributed by atoms with Crippen LogP contribution in [-0.4, -0.2) is 38.1 Å². The standard InChI is InChI=1S/C15H14N4O2S/c1-10(15(20)21-2)22-14-12-8-18-19(13(12)16-9-17-14)11-6-4-3-5-7-11/h3-10H,1-2H3. The largest absolute Gasteiger partial charge is 0.468 e. The molecule has 112 valence electrons. The van der Waals surface area contributed by atoms with E-state index in [1.165, 1.54) is 25.2 Å². The molecule has 0 spiro atoms. The number of methoxy groups -OCH3 is 1. The van der Waals surface area contributed by atoms with E-state index in [-0.39, 0.29) is 11.2 Å². The van der Waals surface area contributed by atoms with Crippen LogP contribution in [0.15, 0.2) is 47.9 Å². The van der Waals surface area contributed by atoms with E-state index in [4.69, 9.17) is 4.74 Å². The Morgan fingerprint density at radius 2 is 2.05 bits per heavy atom. The first-order valence-corrected chi connectivity index (χ1v) is 7.57. The number of esters is 1. The number of aromatic nitrogens is 4. The monoisotopic (exact) mass is 314 g/mol. The Bertz CT molecular complexity index is 804. The molecule has 7 heteroatoms. The molecule has 0 aliphatic carbocycles. The van der Waals surface area contributed by atoms with Crippen molar-refractivity contribution in [3.8, 4) is 5.69 Å². The Labute approximate surface area is 131 Å². The molecule has 0 bridgehead atoms. The van der Waals surface area contributed by atoms with Crippen LogP contribution < -0.4 is 0 Å². The lowest BCUT2D eigenvalue weighted by Crippen LogP contribution is -2.14. The number of carbonyl (C=O) groups excluding carboxylic acids is 1. The number of nitrogens with zero attached hydrogens (tertiary/aromatic N) is 4. The molecule has 3 rings (SSSR count). The summed E-state index contributed by atoms with van der Waals surface area (Å²) in [6, 6.07) is 9.75. The molecule has 0 aliphatic rings. The topological polar surface area (TPSA) is 69.9 Å². The second-order valence-electron chi connectivity index (χ2n) is 4.59. The van der Waals surface area contributed by atoms with Crippen molar-refractivity contribution in [2.75, 3.05) is 7.11 Å². The van der Waals surface area contributed by atoms with Crippen LogP contribution in [0, 0.1) is 0 Å². The zero-order valence-corrected chi connectivity index (χ0v) is 12.9. The van der Waals surface area contributed by atoms with Crippen LogP contribution >= 0.6 is 11.8 Å². The lowest BCUT2D eigenvalue weighted by molar-refractivity contribution is -0.139. The Morgan fingerprint density at radius 3 is 2.77 bits per heavy atom. The third kappa shape index (κ3) is 2.67. The molecule has 2 heterocycles. The third-order valence-electron chi connectivity index (χ3n) is 3.15. The summed E-state index contributed by atoms with van der Waals surface area (Å²) in [5.41, 5.74) is 1.63. The summed E-state index contributed by atoms with van der Waals surface area (Å²) >= 11 is 1.34. The molecular weight excluding hydrogens is 300 g/mol. The number of hydrogen-bond donors (Lipinski definition) is 0. The average molecular weight is 314 g/mol. The number of fused-ring (bicyclic) bond motifs is 1. The van der Waals surface area contributed by atoms with Gasteiger partial charge in [0.05, 0.1) is 24.4 Å².